The van der Waals surface area contributed by atoms with Crippen molar-refractivity contribution in [3.63, 3.8) is 0 Å². The van der Waals surface area contributed by atoms with Gasteiger partial charge in [0.05, 0.1) is 0 Å². The van der Waals surface area contributed by atoms with Gasteiger partial charge in [0.25, 0.3) is 0 Å². The van der Waals surface area contributed by atoms with E-state index in [1.807, 2.05) is 12.1 Å². The summed E-state index contributed by atoms with van der Waals surface area (Å²) in [4.78, 5) is 38.7. The first kappa shape index (κ1) is 19.2. The normalized spacial score (nSPS) is 14.3. The zero-order chi connectivity index (χ0) is 18.2. The van der Waals surface area contributed by atoms with Crippen LogP contribution in [0.4, 0.5) is 0 Å². The summed E-state index contributed by atoms with van der Waals surface area (Å²) in [6.45, 7) is 4.15. The van der Waals surface area contributed by atoms with Crippen molar-refractivity contribution in [3.05, 3.63) is 34.9 Å². The van der Waals surface area contributed by atoms with Crippen molar-refractivity contribution in [3.8, 4) is 0 Å². The van der Waals surface area contributed by atoms with E-state index in [-0.39, 0.29) is 24.1 Å². The predicted octanol–water partition coefficient (Wildman–Crippen LogP) is 1.47. The number of nitrogens with zero attached hydrogens (tertiary/aromatic N) is 2. The molecule has 0 aliphatic carbocycles. The van der Waals surface area contributed by atoms with Crippen LogP contribution in [0.1, 0.15) is 25.3 Å². The highest BCUT2D eigenvalue weighted by Gasteiger charge is 2.21. The molecule has 1 saturated heterocycles. The first-order valence-corrected chi connectivity index (χ1v) is 8.88. The van der Waals surface area contributed by atoms with Crippen molar-refractivity contribution in [2.75, 3.05) is 32.7 Å². The van der Waals surface area contributed by atoms with E-state index < -0.39 is 0 Å². The molecule has 0 atom stereocenters. The molecule has 0 unspecified atom stereocenters. The SMILES string of the molecule is CC(=O)N1CCN(C(=O)CCNC(=O)CCc2ccc(Cl)cc2)CC1. The van der Waals surface area contributed by atoms with Crippen LogP contribution in [-0.2, 0) is 20.8 Å². The summed E-state index contributed by atoms with van der Waals surface area (Å²) >= 11 is 5.83. The maximum atomic E-state index is 12.1. The average Bonchev–Trinajstić information content (AvgIpc) is 2.61. The molecule has 0 saturated carbocycles. The fourth-order valence-corrected chi connectivity index (χ4v) is 2.86. The number of rotatable bonds is 6. The van der Waals surface area contributed by atoms with Crippen LogP contribution in [0.25, 0.3) is 0 Å². The summed E-state index contributed by atoms with van der Waals surface area (Å²) in [6, 6.07) is 7.41. The van der Waals surface area contributed by atoms with Crippen LogP contribution < -0.4 is 5.32 Å². The van der Waals surface area contributed by atoms with Crippen LogP contribution in [0.5, 0.6) is 0 Å². The van der Waals surface area contributed by atoms with E-state index in [1.54, 1.807) is 21.9 Å². The van der Waals surface area contributed by atoms with Gasteiger partial charge in [-0.1, -0.05) is 23.7 Å². The van der Waals surface area contributed by atoms with Crippen LogP contribution >= 0.6 is 11.6 Å². The Morgan fingerprint density at radius 2 is 1.60 bits per heavy atom. The minimum atomic E-state index is -0.0656. The van der Waals surface area contributed by atoms with E-state index in [0.717, 1.165) is 5.56 Å². The molecule has 3 amide bonds. The number of hydrogen-bond donors (Lipinski definition) is 1. The third-order valence-corrected chi connectivity index (χ3v) is 4.54. The molecule has 0 radical (unpaired) electrons. The van der Waals surface area contributed by atoms with Crippen LogP contribution in [0.15, 0.2) is 24.3 Å². The van der Waals surface area contributed by atoms with Gasteiger partial charge in [-0.3, -0.25) is 14.4 Å². The van der Waals surface area contributed by atoms with Crippen molar-refractivity contribution in [2.24, 2.45) is 0 Å². The van der Waals surface area contributed by atoms with Crippen molar-refractivity contribution in [1.29, 1.82) is 0 Å². The van der Waals surface area contributed by atoms with Gasteiger partial charge in [-0.25, -0.2) is 0 Å². The predicted molar refractivity (Wildman–Crippen MR) is 96.2 cm³/mol. The lowest BCUT2D eigenvalue weighted by Crippen LogP contribution is -2.50. The number of hydrogen-bond acceptors (Lipinski definition) is 3. The lowest BCUT2D eigenvalue weighted by atomic mass is 10.1. The number of carbonyl (C=O) groups excluding carboxylic acids is 3. The van der Waals surface area contributed by atoms with Gasteiger partial charge < -0.3 is 15.1 Å². The highest BCUT2D eigenvalue weighted by atomic mass is 35.5. The smallest absolute Gasteiger partial charge is 0.224 e. The van der Waals surface area contributed by atoms with Gasteiger partial charge in [0, 0.05) is 57.5 Å². The number of piperazine rings is 1. The summed E-state index contributed by atoms with van der Waals surface area (Å²) < 4.78 is 0. The molecule has 0 spiro atoms. The molecule has 7 heteroatoms. The van der Waals surface area contributed by atoms with Crippen LogP contribution in [-0.4, -0.2) is 60.2 Å². The second kappa shape index (κ2) is 9.42. The second-order valence-electron chi connectivity index (χ2n) is 6.11. The maximum Gasteiger partial charge on any atom is 0.224 e. The van der Waals surface area contributed by atoms with Gasteiger partial charge in [0.1, 0.15) is 0 Å². The Morgan fingerprint density at radius 3 is 2.20 bits per heavy atom. The van der Waals surface area contributed by atoms with E-state index in [2.05, 4.69) is 5.32 Å². The summed E-state index contributed by atoms with van der Waals surface area (Å²) in [5.41, 5.74) is 1.05. The molecule has 1 aliphatic rings. The Balaban J connectivity index is 1.61. The van der Waals surface area contributed by atoms with Crippen molar-refractivity contribution in [2.45, 2.75) is 26.2 Å². The summed E-state index contributed by atoms with van der Waals surface area (Å²) in [5, 5.41) is 3.46. The topological polar surface area (TPSA) is 69.7 Å². The minimum absolute atomic E-state index is 0.0150. The molecule has 1 aliphatic heterocycles. The molecule has 136 valence electrons. The highest BCUT2D eigenvalue weighted by molar-refractivity contribution is 6.30. The maximum absolute atomic E-state index is 12.1. The van der Waals surface area contributed by atoms with Crippen molar-refractivity contribution in [1.82, 2.24) is 15.1 Å². The fraction of sp³-hybridized carbons (Fsp3) is 0.500. The number of nitrogens with one attached hydrogen (secondary N) is 1. The van der Waals surface area contributed by atoms with E-state index in [4.69, 9.17) is 11.6 Å². The summed E-state index contributed by atoms with van der Waals surface area (Å²) in [7, 11) is 0. The summed E-state index contributed by atoms with van der Waals surface area (Å²) in [5.74, 6) is -0.00889. The molecular weight excluding hydrogens is 342 g/mol. The fourth-order valence-electron chi connectivity index (χ4n) is 2.74. The van der Waals surface area contributed by atoms with Crippen molar-refractivity contribution < 1.29 is 14.4 Å². The van der Waals surface area contributed by atoms with Gasteiger partial charge >= 0.3 is 0 Å². The number of aryl methyl sites for hydroxylation is 1. The monoisotopic (exact) mass is 365 g/mol. The first-order chi connectivity index (χ1) is 12.0. The van der Waals surface area contributed by atoms with Crippen LogP contribution in [0.3, 0.4) is 0 Å². The molecule has 1 N–H and O–H groups in total. The lowest BCUT2D eigenvalue weighted by molar-refractivity contribution is -0.138. The van der Waals surface area contributed by atoms with Gasteiger partial charge in [-0.2, -0.15) is 0 Å². The number of benzene rings is 1. The molecule has 25 heavy (non-hydrogen) atoms. The van der Waals surface area contributed by atoms with Crippen LogP contribution in [0, 0.1) is 0 Å². The Morgan fingerprint density at radius 1 is 1.00 bits per heavy atom. The van der Waals surface area contributed by atoms with Gasteiger partial charge in [-0.15, -0.1) is 0 Å². The molecule has 1 fully saturated rings. The largest absolute Gasteiger partial charge is 0.356 e. The average molecular weight is 366 g/mol. The molecule has 1 aromatic carbocycles. The Kier molecular flexibility index (Phi) is 7.25. The van der Waals surface area contributed by atoms with E-state index in [1.165, 1.54) is 6.92 Å². The Bertz CT molecular complexity index is 610. The lowest BCUT2D eigenvalue weighted by Gasteiger charge is -2.34. The van der Waals surface area contributed by atoms with E-state index in [9.17, 15) is 14.4 Å². The van der Waals surface area contributed by atoms with Gasteiger partial charge in [0.15, 0.2) is 0 Å². The van der Waals surface area contributed by atoms with E-state index >= 15 is 0 Å². The molecule has 1 aromatic rings. The number of halogens is 1. The van der Waals surface area contributed by atoms with E-state index in [0.29, 0.717) is 50.6 Å². The molecular formula is C18H24ClN3O3. The molecule has 0 aromatic heterocycles. The molecule has 2 rings (SSSR count). The van der Waals surface area contributed by atoms with Gasteiger partial charge in [0.2, 0.25) is 17.7 Å². The molecule has 1 heterocycles. The highest BCUT2D eigenvalue weighted by Crippen LogP contribution is 2.11. The zero-order valence-electron chi connectivity index (χ0n) is 14.5. The molecule has 0 bridgehead atoms. The Labute approximate surface area is 153 Å². The van der Waals surface area contributed by atoms with Crippen molar-refractivity contribution >= 4 is 29.3 Å². The van der Waals surface area contributed by atoms with Gasteiger partial charge in [-0.05, 0) is 24.1 Å². The second-order valence-corrected chi connectivity index (χ2v) is 6.55. The standard InChI is InChI=1S/C18H24ClN3O3/c1-14(23)21-10-12-22(13-11-21)18(25)8-9-20-17(24)7-4-15-2-5-16(19)6-3-15/h2-3,5-6H,4,7-13H2,1H3,(H,20,24). The number of amides is 3. The summed E-state index contributed by atoms with van der Waals surface area (Å²) in [6.07, 6.45) is 1.31. The zero-order valence-corrected chi connectivity index (χ0v) is 15.2. The first-order valence-electron chi connectivity index (χ1n) is 8.50. The molecule has 6 nitrogen and oxygen atoms in total. The van der Waals surface area contributed by atoms with Crippen LogP contribution in [0.2, 0.25) is 5.02 Å². The Hall–Kier alpha value is -2.08. The number of carbonyl (C=O) groups is 3. The third kappa shape index (κ3) is 6.38. The quantitative estimate of drug-likeness (QED) is 0.830. The third-order valence-electron chi connectivity index (χ3n) is 4.29. The minimum Gasteiger partial charge on any atom is -0.356 e.